The highest BCUT2D eigenvalue weighted by atomic mass is 16.2. The third-order valence-electron chi connectivity index (χ3n) is 3.50. The van der Waals surface area contributed by atoms with Crippen LogP contribution in [0.15, 0.2) is 18.2 Å². The van der Waals surface area contributed by atoms with Gasteiger partial charge in [0.15, 0.2) is 0 Å². The zero-order valence-corrected chi connectivity index (χ0v) is 12.3. The molecule has 0 bridgehead atoms. The van der Waals surface area contributed by atoms with Crippen LogP contribution in [0.25, 0.3) is 0 Å². The first-order valence-electron chi connectivity index (χ1n) is 6.95. The number of amides is 1. The lowest BCUT2D eigenvalue weighted by molar-refractivity contribution is -0.129. The number of carbonyl (C=O) groups is 1. The minimum atomic E-state index is 0.159. The molecule has 1 amide bonds. The number of hydrogen-bond donors (Lipinski definition) is 1. The molecule has 0 radical (unpaired) electrons. The maximum Gasteiger partial charge on any atom is 0.226 e. The van der Waals surface area contributed by atoms with Gasteiger partial charge in [0.1, 0.15) is 0 Å². The summed E-state index contributed by atoms with van der Waals surface area (Å²) in [6, 6.07) is 6.19. The van der Waals surface area contributed by atoms with E-state index in [4.69, 9.17) is 5.11 Å². The highest BCUT2D eigenvalue weighted by Crippen LogP contribution is 2.11. The highest BCUT2D eigenvalue weighted by molar-refractivity contribution is 5.78. The first-order valence-corrected chi connectivity index (χ1v) is 6.95. The summed E-state index contributed by atoms with van der Waals surface area (Å²) < 4.78 is 0. The Bertz CT molecular complexity index is 415. The lowest BCUT2D eigenvalue weighted by atomic mass is 10.0. The molecule has 0 atom stereocenters. The van der Waals surface area contributed by atoms with Crippen LogP contribution >= 0.6 is 0 Å². The molecule has 0 fully saturated rings. The van der Waals surface area contributed by atoms with Gasteiger partial charge in [0, 0.05) is 20.2 Å². The van der Waals surface area contributed by atoms with Gasteiger partial charge in [0.2, 0.25) is 5.91 Å². The van der Waals surface area contributed by atoms with Crippen molar-refractivity contribution in [3.05, 3.63) is 34.9 Å². The molecule has 1 N–H and O–H groups in total. The number of carbonyl (C=O) groups excluding carboxylic acids is 1. The molecule has 1 aromatic carbocycles. The first-order chi connectivity index (χ1) is 9.04. The van der Waals surface area contributed by atoms with E-state index in [0.29, 0.717) is 6.42 Å². The van der Waals surface area contributed by atoms with Crippen molar-refractivity contribution in [2.75, 3.05) is 20.2 Å². The minimum Gasteiger partial charge on any atom is -0.396 e. The van der Waals surface area contributed by atoms with Gasteiger partial charge in [0.25, 0.3) is 0 Å². The molecule has 0 aliphatic heterocycles. The quantitative estimate of drug-likeness (QED) is 0.768. The Kier molecular flexibility index (Phi) is 6.57. The van der Waals surface area contributed by atoms with E-state index in [0.717, 1.165) is 31.4 Å². The number of aliphatic hydroxyl groups excluding tert-OH is 1. The Morgan fingerprint density at radius 3 is 2.53 bits per heavy atom. The predicted molar refractivity (Wildman–Crippen MR) is 78.2 cm³/mol. The number of aryl methyl sites for hydroxylation is 2. The smallest absolute Gasteiger partial charge is 0.226 e. The fraction of sp³-hybridized carbons (Fsp3) is 0.562. The van der Waals surface area contributed by atoms with Gasteiger partial charge in [-0.15, -0.1) is 0 Å². The second kappa shape index (κ2) is 7.95. The molecule has 106 valence electrons. The van der Waals surface area contributed by atoms with Crippen molar-refractivity contribution in [2.45, 2.75) is 39.5 Å². The van der Waals surface area contributed by atoms with Crippen molar-refractivity contribution in [1.29, 1.82) is 0 Å². The van der Waals surface area contributed by atoms with E-state index in [9.17, 15) is 4.79 Å². The van der Waals surface area contributed by atoms with Gasteiger partial charge in [-0.05, 0) is 49.8 Å². The van der Waals surface area contributed by atoms with Crippen LogP contribution in [0.5, 0.6) is 0 Å². The number of likely N-dealkylation sites (N-methyl/N-ethyl adjacent to an activating group) is 1. The van der Waals surface area contributed by atoms with E-state index in [-0.39, 0.29) is 12.5 Å². The molecule has 0 aliphatic rings. The van der Waals surface area contributed by atoms with E-state index in [2.05, 4.69) is 26.0 Å². The molecule has 19 heavy (non-hydrogen) atoms. The molecule has 0 saturated carbocycles. The molecule has 3 nitrogen and oxygen atoms in total. The van der Waals surface area contributed by atoms with Gasteiger partial charge in [-0.25, -0.2) is 0 Å². The molecule has 0 saturated heterocycles. The summed E-state index contributed by atoms with van der Waals surface area (Å²) >= 11 is 0. The van der Waals surface area contributed by atoms with Crippen LogP contribution in [0, 0.1) is 13.8 Å². The van der Waals surface area contributed by atoms with Crippen molar-refractivity contribution in [2.24, 2.45) is 0 Å². The molecule has 0 spiro atoms. The molecule has 0 aliphatic carbocycles. The number of hydrogen-bond acceptors (Lipinski definition) is 2. The number of unbranched alkanes of at least 4 members (excludes halogenated alkanes) is 2. The molecule has 0 unspecified atom stereocenters. The normalized spacial score (nSPS) is 10.5. The van der Waals surface area contributed by atoms with Gasteiger partial charge in [-0.1, -0.05) is 18.2 Å². The Labute approximate surface area is 116 Å². The van der Waals surface area contributed by atoms with Crippen molar-refractivity contribution in [3.63, 3.8) is 0 Å². The lowest BCUT2D eigenvalue weighted by Crippen LogP contribution is -2.29. The summed E-state index contributed by atoms with van der Waals surface area (Å²) in [5, 5.41) is 8.70. The second-order valence-electron chi connectivity index (χ2n) is 5.19. The van der Waals surface area contributed by atoms with Crippen molar-refractivity contribution in [1.82, 2.24) is 4.90 Å². The summed E-state index contributed by atoms with van der Waals surface area (Å²) in [6.45, 7) is 5.15. The molecule has 1 aromatic rings. The maximum atomic E-state index is 12.0. The number of rotatable bonds is 7. The molecular formula is C16H25NO2. The largest absolute Gasteiger partial charge is 0.396 e. The summed E-state index contributed by atoms with van der Waals surface area (Å²) in [6.07, 6.45) is 3.21. The Hall–Kier alpha value is -1.35. The van der Waals surface area contributed by atoms with Crippen LogP contribution in [0.1, 0.15) is 36.0 Å². The van der Waals surface area contributed by atoms with E-state index >= 15 is 0 Å². The van der Waals surface area contributed by atoms with Crippen molar-refractivity contribution < 1.29 is 9.90 Å². The first kappa shape index (κ1) is 15.7. The predicted octanol–water partition coefficient (Wildman–Crippen LogP) is 2.47. The van der Waals surface area contributed by atoms with Crippen LogP contribution in [0.3, 0.4) is 0 Å². The lowest BCUT2D eigenvalue weighted by Gasteiger charge is -2.17. The summed E-state index contributed by atoms with van der Waals surface area (Å²) in [7, 11) is 1.85. The highest BCUT2D eigenvalue weighted by Gasteiger charge is 2.09. The zero-order valence-electron chi connectivity index (χ0n) is 12.3. The minimum absolute atomic E-state index is 0.159. The van der Waals surface area contributed by atoms with Gasteiger partial charge in [-0.3, -0.25) is 4.79 Å². The summed E-state index contributed by atoms with van der Waals surface area (Å²) in [5.74, 6) is 0.159. The van der Waals surface area contributed by atoms with Crippen LogP contribution in [-0.2, 0) is 11.2 Å². The van der Waals surface area contributed by atoms with Crippen LogP contribution in [0.4, 0.5) is 0 Å². The average Bonchev–Trinajstić information content (AvgIpc) is 2.38. The zero-order chi connectivity index (χ0) is 14.3. The molecule has 3 heteroatoms. The van der Waals surface area contributed by atoms with E-state index in [1.807, 2.05) is 13.1 Å². The second-order valence-corrected chi connectivity index (χ2v) is 5.19. The molecular weight excluding hydrogens is 238 g/mol. The monoisotopic (exact) mass is 263 g/mol. The van der Waals surface area contributed by atoms with Gasteiger partial charge < -0.3 is 10.0 Å². The van der Waals surface area contributed by atoms with Crippen molar-refractivity contribution >= 4 is 5.91 Å². The van der Waals surface area contributed by atoms with Crippen LogP contribution in [0.2, 0.25) is 0 Å². The summed E-state index contributed by atoms with van der Waals surface area (Å²) in [5.41, 5.74) is 3.57. The van der Waals surface area contributed by atoms with Crippen molar-refractivity contribution in [3.8, 4) is 0 Å². The molecule has 0 heterocycles. The SMILES string of the molecule is Cc1ccc(CC(=O)N(C)CCCCCO)cc1C. The average molecular weight is 263 g/mol. The van der Waals surface area contributed by atoms with E-state index in [1.54, 1.807) is 4.90 Å². The Balaban J connectivity index is 2.42. The van der Waals surface area contributed by atoms with E-state index < -0.39 is 0 Å². The van der Waals surface area contributed by atoms with Gasteiger partial charge in [-0.2, -0.15) is 0 Å². The number of aliphatic hydroxyl groups is 1. The molecule has 0 aromatic heterocycles. The fourth-order valence-electron chi connectivity index (χ4n) is 1.99. The maximum absolute atomic E-state index is 12.0. The van der Waals surface area contributed by atoms with Gasteiger partial charge >= 0.3 is 0 Å². The van der Waals surface area contributed by atoms with Crippen LogP contribution in [-0.4, -0.2) is 36.1 Å². The summed E-state index contributed by atoms with van der Waals surface area (Å²) in [4.78, 5) is 13.8. The third-order valence-corrected chi connectivity index (χ3v) is 3.50. The van der Waals surface area contributed by atoms with Gasteiger partial charge in [0.05, 0.1) is 6.42 Å². The number of benzene rings is 1. The fourth-order valence-corrected chi connectivity index (χ4v) is 1.99. The Morgan fingerprint density at radius 2 is 1.89 bits per heavy atom. The third kappa shape index (κ3) is 5.43. The molecule has 1 rings (SSSR count). The van der Waals surface area contributed by atoms with Crippen LogP contribution < -0.4 is 0 Å². The number of nitrogens with zero attached hydrogens (tertiary/aromatic N) is 1. The Morgan fingerprint density at radius 1 is 1.16 bits per heavy atom. The topological polar surface area (TPSA) is 40.5 Å². The standard InChI is InChI=1S/C16H25NO2/c1-13-7-8-15(11-14(13)2)12-16(19)17(3)9-5-4-6-10-18/h7-8,11,18H,4-6,9-10,12H2,1-3H3. The van der Waals surface area contributed by atoms with E-state index in [1.165, 1.54) is 11.1 Å².